The molecule has 1 N–H and O–H groups in total. The number of nitrogens with zero attached hydrogens (tertiary/aromatic N) is 1. The molecule has 0 amide bonds. The topological polar surface area (TPSA) is 40.5 Å². The van der Waals surface area contributed by atoms with E-state index in [-0.39, 0.29) is 17.1 Å². The summed E-state index contributed by atoms with van der Waals surface area (Å²) in [6.45, 7) is 2.34. The Bertz CT molecular complexity index is 672. The minimum absolute atomic E-state index is 0.0247. The van der Waals surface area contributed by atoms with Crippen LogP contribution >= 0.6 is 27.3 Å². The summed E-state index contributed by atoms with van der Waals surface area (Å²) in [5.41, 5.74) is 1.57. The molecule has 0 saturated heterocycles. The lowest BCUT2D eigenvalue weighted by atomic mass is 10.0. The predicted molar refractivity (Wildman–Crippen MR) is 85.3 cm³/mol. The first kappa shape index (κ1) is 16.1. The molecule has 1 aromatic carbocycles. The van der Waals surface area contributed by atoms with E-state index in [0.29, 0.717) is 18.7 Å². The second-order valence-electron chi connectivity index (χ2n) is 4.95. The van der Waals surface area contributed by atoms with Crippen LogP contribution in [0.25, 0.3) is 0 Å². The molecule has 2 aromatic rings. The van der Waals surface area contributed by atoms with E-state index in [1.54, 1.807) is 11.3 Å². The summed E-state index contributed by atoms with van der Waals surface area (Å²) in [5, 5.41) is 12.1. The summed E-state index contributed by atoms with van der Waals surface area (Å²) < 4.78 is 14.6. The number of phenolic OH excluding ortho intramolecular Hbond substituents is 1. The van der Waals surface area contributed by atoms with E-state index in [9.17, 15) is 14.3 Å². The number of rotatable bonds is 5. The van der Waals surface area contributed by atoms with Gasteiger partial charge in [-0.05, 0) is 59.0 Å². The lowest BCUT2D eigenvalue weighted by molar-refractivity contribution is 0.101. The maximum Gasteiger partial charge on any atom is 0.163 e. The van der Waals surface area contributed by atoms with E-state index in [1.165, 1.54) is 13.0 Å². The molecule has 0 radical (unpaired) electrons. The largest absolute Gasteiger partial charge is 0.507 e. The van der Waals surface area contributed by atoms with Crippen LogP contribution in [0.2, 0.25) is 0 Å². The van der Waals surface area contributed by atoms with Crippen molar-refractivity contribution in [2.75, 3.05) is 7.05 Å². The molecule has 0 bridgehead atoms. The van der Waals surface area contributed by atoms with E-state index in [2.05, 4.69) is 15.9 Å². The molecule has 112 valence electrons. The van der Waals surface area contributed by atoms with Gasteiger partial charge in [0, 0.05) is 18.7 Å². The third-order valence-electron chi connectivity index (χ3n) is 3.05. The minimum Gasteiger partial charge on any atom is -0.507 e. The molecule has 0 aliphatic rings. The Morgan fingerprint density at radius 2 is 2.10 bits per heavy atom. The van der Waals surface area contributed by atoms with Crippen molar-refractivity contribution in [2.24, 2.45) is 0 Å². The quantitative estimate of drug-likeness (QED) is 0.801. The fraction of sp³-hybridized carbons (Fsp3) is 0.267. The van der Waals surface area contributed by atoms with Gasteiger partial charge in [-0.1, -0.05) is 0 Å². The van der Waals surface area contributed by atoms with Crippen LogP contribution in [0.5, 0.6) is 5.75 Å². The third-order valence-corrected chi connectivity index (χ3v) is 4.60. The maximum atomic E-state index is 13.6. The zero-order valence-corrected chi connectivity index (χ0v) is 14.1. The van der Waals surface area contributed by atoms with Crippen LogP contribution < -0.4 is 0 Å². The van der Waals surface area contributed by atoms with Crippen molar-refractivity contribution in [1.29, 1.82) is 0 Å². The van der Waals surface area contributed by atoms with E-state index in [0.717, 1.165) is 15.4 Å². The molecular weight excluding hydrogens is 357 g/mol. The Kier molecular flexibility index (Phi) is 5.13. The van der Waals surface area contributed by atoms with Gasteiger partial charge in [0.1, 0.15) is 11.6 Å². The van der Waals surface area contributed by atoms with Gasteiger partial charge in [0.2, 0.25) is 0 Å². The number of phenols is 1. The van der Waals surface area contributed by atoms with Crippen molar-refractivity contribution in [3.63, 3.8) is 0 Å². The number of thiophene rings is 1. The molecule has 21 heavy (non-hydrogen) atoms. The summed E-state index contributed by atoms with van der Waals surface area (Å²) >= 11 is 5.01. The SMILES string of the molecule is CC(=O)c1cc(F)cc(CN(C)Cc2csc(Br)c2)c1O. The van der Waals surface area contributed by atoms with Crippen molar-refractivity contribution in [3.05, 3.63) is 49.9 Å². The Hall–Kier alpha value is -1.24. The number of aromatic hydroxyl groups is 1. The molecule has 0 spiro atoms. The first-order valence-electron chi connectivity index (χ1n) is 6.30. The van der Waals surface area contributed by atoms with Crippen LogP contribution in [0.4, 0.5) is 4.39 Å². The Labute approximate surface area is 135 Å². The number of hydrogen-bond donors (Lipinski definition) is 1. The lowest BCUT2D eigenvalue weighted by Crippen LogP contribution is -2.17. The highest BCUT2D eigenvalue weighted by atomic mass is 79.9. The van der Waals surface area contributed by atoms with Crippen molar-refractivity contribution in [3.8, 4) is 5.75 Å². The second kappa shape index (κ2) is 6.68. The molecule has 0 fully saturated rings. The van der Waals surface area contributed by atoms with Crippen molar-refractivity contribution in [1.82, 2.24) is 4.90 Å². The summed E-state index contributed by atoms with van der Waals surface area (Å²) in [7, 11) is 1.88. The normalized spacial score (nSPS) is 11.1. The molecule has 3 nitrogen and oxygen atoms in total. The van der Waals surface area contributed by atoms with Crippen LogP contribution in [0.3, 0.4) is 0 Å². The van der Waals surface area contributed by atoms with Crippen LogP contribution in [-0.2, 0) is 13.1 Å². The maximum absolute atomic E-state index is 13.6. The highest BCUT2D eigenvalue weighted by Gasteiger charge is 2.15. The highest BCUT2D eigenvalue weighted by molar-refractivity contribution is 9.11. The smallest absolute Gasteiger partial charge is 0.163 e. The number of hydrogen-bond acceptors (Lipinski definition) is 4. The average Bonchev–Trinajstić information content (AvgIpc) is 2.78. The van der Waals surface area contributed by atoms with Gasteiger partial charge < -0.3 is 5.11 Å². The van der Waals surface area contributed by atoms with Gasteiger partial charge in [-0.15, -0.1) is 11.3 Å². The zero-order chi connectivity index (χ0) is 15.6. The molecule has 0 aliphatic heterocycles. The van der Waals surface area contributed by atoms with E-state index >= 15 is 0 Å². The fourth-order valence-corrected chi connectivity index (χ4v) is 3.33. The highest BCUT2D eigenvalue weighted by Crippen LogP contribution is 2.27. The molecule has 6 heteroatoms. The Balaban J connectivity index is 2.17. The van der Waals surface area contributed by atoms with Crippen LogP contribution in [0.1, 0.15) is 28.4 Å². The number of Topliss-reactive ketones (excluding diaryl/α,β-unsaturated/α-hetero) is 1. The summed E-state index contributed by atoms with van der Waals surface area (Å²) in [4.78, 5) is 13.4. The number of ketones is 1. The number of carbonyl (C=O) groups is 1. The van der Waals surface area contributed by atoms with E-state index < -0.39 is 5.82 Å². The number of benzene rings is 1. The lowest BCUT2D eigenvalue weighted by Gasteiger charge is -2.17. The van der Waals surface area contributed by atoms with Gasteiger partial charge >= 0.3 is 0 Å². The Morgan fingerprint density at radius 1 is 1.38 bits per heavy atom. The molecular formula is C15H15BrFNO2S. The zero-order valence-electron chi connectivity index (χ0n) is 11.7. The number of carbonyl (C=O) groups excluding carboxylic acids is 1. The first-order chi connectivity index (χ1) is 9.86. The molecule has 2 rings (SSSR count). The summed E-state index contributed by atoms with van der Waals surface area (Å²) in [6.07, 6.45) is 0. The van der Waals surface area contributed by atoms with Crippen LogP contribution in [0.15, 0.2) is 27.4 Å². The van der Waals surface area contributed by atoms with E-state index in [1.807, 2.05) is 23.4 Å². The van der Waals surface area contributed by atoms with Gasteiger partial charge in [0.25, 0.3) is 0 Å². The Morgan fingerprint density at radius 3 is 2.67 bits per heavy atom. The third kappa shape index (κ3) is 4.12. The molecule has 0 saturated carbocycles. The van der Waals surface area contributed by atoms with Gasteiger partial charge in [0.05, 0.1) is 9.35 Å². The molecule has 0 unspecified atom stereocenters. The second-order valence-corrected chi connectivity index (χ2v) is 7.24. The summed E-state index contributed by atoms with van der Waals surface area (Å²) in [6, 6.07) is 4.35. The van der Waals surface area contributed by atoms with Crippen molar-refractivity contribution in [2.45, 2.75) is 20.0 Å². The molecule has 0 aliphatic carbocycles. The van der Waals surface area contributed by atoms with Crippen molar-refractivity contribution >= 4 is 33.0 Å². The predicted octanol–water partition coefficient (Wildman–Crippen LogP) is 4.19. The van der Waals surface area contributed by atoms with Crippen LogP contribution in [0, 0.1) is 5.82 Å². The van der Waals surface area contributed by atoms with Gasteiger partial charge in [0.15, 0.2) is 5.78 Å². The van der Waals surface area contributed by atoms with Gasteiger partial charge in [-0.2, -0.15) is 0 Å². The fourth-order valence-electron chi connectivity index (χ4n) is 2.13. The average molecular weight is 372 g/mol. The standard InChI is InChI=1S/C15H15BrFNO2S/c1-9(19)13-5-12(17)4-11(15(13)20)7-18(2)6-10-3-14(16)21-8-10/h3-5,8,20H,6-7H2,1-2H3. The van der Waals surface area contributed by atoms with Gasteiger partial charge in [-0.3, -0.25) is 9.69 Å². The molecule has 1 heterocycles. The van der Waals surface area contributed by atoms with Crippen LogP contribution in [-0.4, -0.2) is 22.8 Å². The molecule has 0 atom stereocenters. The monoisotopic (exact) mass is 371 g/mol. The molecule has 1 aromatic heterocycles. The summed E-state index contributed by atoms with van der Waals surface area (Å²) in [5.74, 6) is -1.00. The van der Waals surface area contributed by atoms with Gasteiger partial charge in [-0.25, -0.2) is 4.39 Å². The number of halogens is 2. The minimum atomic E-state index is -0.514. The van der Waals surface area contributed by atoms with E-state index in [4.69, 9.17) is 0 Å². The van der Waals surface area contributed by atoms with Crippen molar-refractivity contribution < 1.29 is 14.3 Å². The first-order valence-corrected chi connectivity index (χ1v) is 7.98.